The van der Waals surface area contributed by atoms with Crippen LogP contribution in [0.25, 0.3) is 21.6 Å². The van der Waals surface area contributed by atoms with Crippen molar-refractivity contribution in [1.82, 2.24) is 15.0 Å². The number of aromatic nitrogens is 3. The molecule has 2 heterocycles. The maximum atomic E-state index is 4.49. The summed E-state index contributed by atoms with van der Waals surface area (Å²) in [6.45, 7) is 4.18. The summed E-state index contributed by atoms with van der Waals surface area (Å²) in [6.07, 6.45) is 1.82. The van der Waals surface area contributed by atoms with Crippen LogP contribution < -0.4 is 5.32 Å². The smallest absolute Gasteiger partial charge is 0.201 e. The number of nitrogens with zero attached hydrogens (tertiary/aromatic N) is 2. The first kappa shape index (κ1) is 11.2. The van der Waals surface area contributed by atoms with Crippen molar-refractivity contribution >= 4 is 28.3 Å². The maximum Gasteiger partial charge on any atom is 0.201 e. The fourth-order valence-electron chi connectivity index (χ4n) is 1.85. The molecule has 3 rings (SSSR count). The van der Waals surface area contributed by atoms with Crippen LogP contribution in [0.2, 0.25) is 0 Å². The van der Waals surface area contributed by atoms with Crippen LogP contribution in [-0.2, 0) is 0 Å². The molecular weight excluding hydrogens is 244 g/mol. The van der Waals surface area contributed by atoms with Gasteiger partial charge in [-0.2, -0.15) is 0 Å². The van der Waals surface area contributed by atoms with Gasteiger partial charge in [0.15, 0.2) is 0 Å². The standard InChI is InChI=1S/C13H14N4S/c1-8(2)15-13-16-10-4-3-9(7-11(10)17-13)12-14-5-6-18-12/h3-8H,1-2H3,(H2,15,16,17). The minimum absolute atomic E-state index is 0.365. The molecule has 0 radical (unpaired) electrons. The number of thiazole rings is 1. The van der Waals surface area contributed by atoms with Crippen molar-refractivity contribution in [2.45, 2.75) is 19.9 Å². The Labute approximate surface area is 109 Å². The van der Waals surface area contributed by atoms with E-state index in [9.17, 15) is 0 Å². The molecule has 2 aromatic heterocycles. The molecule has 0 saturated carbocycles. The van der Waals surface area contributed by atoms with E-state index >= 15 is 0 Å². The minimum atomic E-state index is 0.365. The molecule has 0 amide bonds. The van der Waals surface area contributed by atoms with Crippen LogP contribution >= 0.6 is 11.3 Å². The number of anilines is 1. The summed E-state index contributed by atoms with van der Waals surface area (Å²) >= 11 is 1.64. The van der Waals surface area contributed by atoms with E-state index in [2.05, 4.69) is 46.2 Å². The Morgan fingerprint density at radius 2 is 2.22 bits per heavy atom. The summed E-state index contributed by atoms with van der Waals surface area (Å²) in [5, 5.41) is 6.29. The predicted molar refractivity (Wildman–Crippen MR) is 76.0 cm³/mol. The van der Waals surface area contributed by atoms with Gasteiger partial charge in [-0.15, -0.1) is 11.3 Å². The number of rotatable bonds is 3. The lowest BCUT2D eigenvalue weighted by atomic mass is 10.2. The Hall–Kier alpha value is -1.88. The molecular formula is C13H14N4S. The third kappa shape index (κ3) is 2.09. The SMILES string of the molecule is CC(C)Nc1nc2ccc(-c3nccs3)cc2[nH]1. The first-order valence-corrected chi connectivity index (χ1v) is 6.76. The van der Waals surface area contributed by atoms with E-state index in [1.807, 2.05) is 17.6 Å². The van der Waals surface area contributed by atoms with E-state index in [4.69, 9.17) is 0 Å². The molecule has 0 unspecified atom stereocenters. The summed E-state index contributed by atoms with van der Waals surface area (Å²) < 4.78 is 0. The number of nitrogens with one attached hydrogen (secondary N) is 2. The fourth-order valence-corrected chi connectivity index (χ4v) is 2.49. The van der Waals surface area contributed by atoms with Crippen molar-refractivity contribution in [3.05, 3.63) is 29.8 Å². The van der Waals surface area contributed by atoms with Gasteiger partial charge in [0, 0.05) is 23.2 Å². The van der Waals surface area contributed by atoms with Crippen molar-refractivity contribution in [1.29, 1.82) is 0 Å². The number of imidazole rings is 1. The van der Waals surface area contributed by atoms with Crippen LogP contribution in [0.5, 0.6) is 0 Å². The van der Waals surface area contributed by atoms with Crippen LogP contribution in [0.15, 0.2) is 29.8 Å². The number of hydrogen-bond acceptors (Lipinski definition) is 4. The molecule has 4 nitrogen and oxygen atoms in total. The van der Waals surface area contributed by atoms with Crippen LogP contribution in [0.1, 0.15) is 13.8 Å². The molecule has 2 N–H and O–H groups in total. The summed E-state index contributed by atoms with van der Waals surface area (Å²) in [7, 11) is 0. The van der Waals surface area contributed by atoms with Crippen molar-refractivity contribution in [2.75, 3.05) is 5.32 Å². The average Bonchev–Trinajstić information content (AvgIpc) is 2.94. The Bertz CT molecular complexity index is 655. The summed E-state index contributed by atoms with van der Waals surface area (Å²) in [5.74, 6) is 0.816. The monoisotopic (exact) mass is 258 g/mol. The van der Waals surface area contributed by atoms with Crippen molar-refractivity contribution in [3.8, 4) is 10.6 Å². The number of fused-ring (bicyclic) bond motifs is 1. The third-order valence-corrected chi connectivity index (χ3v) is 3.41. The van der Waals surface area contributed by atoms with Crippen molar-refractivity contribution < 1.29 is 0 Å². The highest BCUT2D eigenvalue weighted by Gasteiger charge is 2.06. The summed E-state index contributed by atoms with van der Waals surface area (Å²) in [5.41, 5.74) is 3.13. The Balaban J connectivity index is 2.02. The lowest BCUT2D eigenvalue weighted by Crippen LogP contribution is -2.10. The van der Waals surface area contributed by atoms with Gasteiger partial charge in [-0.1, -0.05) is 0 Å². The lowest BCUT2D eigenvalue weighted by Gasteiger charge is -2.04. The molecule has 0 aliphatic rings. The third-order valence-electron chi connectivity index (χ3n) is 2.59. The van der Waals surface area contributed by atoms with Crippen LogP contribution in [0, 0.1) is 0 Å². The topological polar surface area (TPSA) is 53.6 Å². The van der Waals surface area contributed by atoms with Crippen molar-refractivity contribution in [2.24, 2.45) is 0 Å². The van der Waals surface area contributed by atoms with E-state index in [0.29, 0.717) is 6.04 Å². The summed E-state index contributed by atoms with van der Waals surface area (Å²) in [4.78, 5) is 12.1. The molecule has 0 atom stereocenters. The molecule has 0 fully saturated rings. The van der Waals surface area contributed by atoms with Gasteiger partial charge >= 0.3 is 0 Å². The van der Waals surface area contributed by atoms with Gasteiger partial charge < -0.3 is 10.3 Å². The second-order valence-corrected chi connectivity index (χ2v) is 5.35. The van der Waals surface area contributed by atoms with Crippen molar-refractivity contribution in [3.63, 3.8) is 0 Å². The molecule has 0 bridgehead atoms. The number of benzene rings is 1. The highest BCUT2D eigenvalue weighted by molar-refractivity contribution is 7.13. The molecule has 0 spiro atoms. The molecule has 3 aromatic rings. The lowest BCUT2D eigenvalue weighted by molar-refractivity contribution is 0.883. The van der Waals surface area contributed by atoms with Crippen LogP contribution in [0.4, 0.5) is 5.95 Å². The quantitative estimate of drug-likeness (QED) is 0.756. The van der Waals surface area contributed by atoms with Crippen LogP contribution in [-0.4, -0.2) is 21.0 Å². The highest BCUT2D eigenvalue weighted by atomic mass is 32.1. The van der Waals surface area contributed by atoms with Gasteiger partial charge in [0.05, 0.1) is 11.0 Å². The van der Waals surface area contributed by atoms with E-state index in [1.165, 1.54) is 0 Å². The summed E-state index contributed by atoms with van der Waals surface area (Å²) in [6, 6.07) is 6.53. The number of aromatic amines is 1. The second kappa shape index (κ2) is 4.42. The zero-order chi connectivity index (χ0) is 12.5. The molecule has 0 aliphatic carbocycles. The first-order chi connectivity index (χ1) is 8.72. The molecule has 18 heavy (non-hydrogen) atoms. The average molecular weight is 258 g/mol. The van der Waals surface area contributed by atoms with E-state index in [-0.39, 0.29) is 0 Å². The second-order valence-electron chi connectivity index (χ2n) is 4.45. The van der Waals surface area contributed by atoms with E-state index in [1.54, 1.807) is 11.3 Å². The van der Waals surface area contributed by atoms with Gasteiger partial charge in [-0.05, 0) is 32.0 Å². The van der Waals surface area contributed by atoms with E-state index < -0.39 is 0 Å². The van der Waals surface area contributed by atoms with E-state index in [0.717, 1.165) is 27.6 Å². The Kier molecular flexibility index (Phi) is 2.76. The van der Waals surface area contributed by atoms with Gasteiger partial charge in [-0.3, -0.25) is 0 Å². The predicted octanol–water partition coefficient (Wildman–Crippen LogP) is 3.51. The normalized spacial score (nSPS) is 11.3. The van der Waals surface area contributed by atoms with Gasteiger partial charge in [0.1, 0.15) is 5.01 Å². The van der Waals surface area contributed by atoms with Gasteiger partial charge in [0.2, 0.25) is 5.95 Å². The molecule has 1 aromatic carbocycles. The molecule has 92 valence electrons. The molecule has 0 saturated heterocycles. The van der Waals surface area contributed by atoms with Gasteiger partial charge in [-0.25, -0.2) is 9.97 Å². The molecule has 5 heteroatoms. The highest BCUT2D eigenvalue weighted by Crippen LogP contribution is 2.25. The minimum Gasteiger partial charge on any atom is -0.354 e. The largest absolute Gasteiger partial charge is 0.354 e. The van der Waals surface area contributed by atoms with Crippen LogP contribution in [0.3, 0.4) is 0 Å². The Morgan fingerprint density at radius 1 is 1.33 bits per heavy atom. The van der Waals surface area contributed by atoms with Gasteiger partial charge in [0.25, 0.3) is 0 Å². The fraction of sp³-hybridized carbons (Fsp3) is 0.231. The molecule has 0 aliphatic heterocycles. The first-order valence-electron chi connectivity index (χ1n) is 5.88. The number of H-pyrrole nitrogens is 1. The number of hydrogen-bond donors (Lipinski definition) is 2. The maximum absolute atomic E-state index is 4.49. The Morgan fingerprint density at radius 3 is 2.94 bits per heavy atom. The zero-order valence-corrected chi connectivity index (χ0v) is 11.1. The zero-order valence-electron chi connectivity index (χ0n) is 10.3.